The van der Waals surface area contributed by atoms with Gasteiger partial charge in [0.1, 0.15) is 5.75 Å². The number of carbonyl (C=O) groups excluding carboxylic acids is 2. The summed E-state index contributed by atoms with van der Waals surface area (Å²) < 4.78 is 9.86. The second-order valence-corrected chi connectivity index (χ2v) is 4.59. The molecule has 0 saturated carbocycles. The van der Waals surface area contributed by atoms with Crippen LogP contribution in [0.5, 0.6) is 5.75 Å². The van der Waals surface area contributed by atoms with Crippen molar-refractivity contribution in [1.82, 2.24) is 0 Å². The molecule has 7 heteroatoms. The molecule has 0 aromatic heterocycles. The SMILES string of the molecule is CCOC(=O)CCCCCC(=O)Oc1ccc([N+](=O)[O-])cc1. The van der Waals surface area contributed by atoms with E-state index in [4.69, 9.17) is 9.47 Å². The fourth-order valence-electron chi connectivity index (χ4n) is 1.77. The molecule has 0 bridgehead atoms. The van der Waals surface area contributed by atoms with Gasteiger partial charge in [0.2, 0.25) is 0 Å². The molecule has 0 fully saturated rings. The maximum absolute atomic E-state index is 11.6. The van der Waals surface area contributed by atoms with Crippen LogP contribution in [0.4, 0.5) is 5.69 Å². The van der Waals surface area contributed by atoms with Crippen molar-refractivity contribution in [2.45, 2.75) is 39.0 Å². The fourth-order valence-corrected chi connectivity index (χ4v) is 1.77. The summed E-state index contributed by atoms with van der Waals surface area (Å²) in [5.41, 5.74) is -0.0567. The highest BCUT2D eigenvalue weighted by molar-refractivity contribution is 5.72. The predicted molar refractivity (Wildman–Crippen MR) is 78.4 cm³/mol. The molecule has 1 rings (SSSR count). The topological polar surface area (TPSA) is 95.7 Å². The summed E-state index contributed by atoms with van der Waals surface area (Å²) in [4.78, 5) is 32.7. The summed E-state index contributed by atoms with van der Waals surface area (Å²) in [5, 5.41) is 10.5. The van der Waals surface area contributed by atoms with Gasteiger partial charge in [0.05, 0.1) is 11.5 Å². The van der Waals surface area contributed by atoms with Crippen molar-refractivity contribution in [2.75, 3.05) is 6.61 Å². The standard InChI is InChI=1S/C15H19NO6/c1-2-21-14(17)6-4-3-5-7-15(18)22-13-10-8-12(9-11-13)16(19)20/h8-11H,2-7H2,1H3. The Hall–Kier alpha value is -2.44. The lowest BCUT2D eigenvalue weighted by molar-refractivity contribution is -0.384. The van der Waals surface area contributed by atoms with Gasteiger partial charge in [-0.2, -0.15) is 0 Å². The van der Waals surface area contributed by atoms with E-state index < -0.39 is 10.9 Å². The number of nitrogens with zero attached hydrogens (tertiary/aromatic N) is 1. The van der Waals surface area contributed by atoms with Gasteiger partial charge in [-0.1, -0.05) is 6.42 Å². The van der Waals surface area contributed by atoms with Crippen LogP contribution in [0.2, 0.25) is 0 Å². The van der Waals surface area contributed by atoms with E-state index in [1.165, 1.54) is 24.3 Å². The molecule has 0 amide bonds. The van der Waals surface area contributed by atoms with Crippen molar-refractivity contribution in [3.63, 3.8) is 0 Å². The van der Waals surface area contributed by atoms with E-state index in [0.717, 1.165) is 6.42 Å². The molecule has 0 aliphatic carbocycles. The molecule has 0 atom stereocenters. The van der Waals surface area contributed by atoms with Crippen LogP contribution in [0, 0.1) is 10.1 Å². The maximum Gasteiger partial charge on any atom is 0.311 e. The van der Waals surface area contributed by atoms with Crippen molar-refractivity contribution in [2.24, 2.45) is 0 Å². The Bertz CT molecular complexity index is 511. The molecule has 0 unspecified atom stereocenters. The predicted octanol–water partition coefficient (Wildman–Crippen LogP) is 3.01. The summed E-state index contributed by atoms with van der Waals surface area (Å²) in [6.07, 6.45) is 2.61. The number of ether oxygens (including phenoxy) is 2. The summed E-state index contributed by atoms with van der Waals surface area (Å²) in [6, 6.07) is 5.33. The number of non-ortho nitro benzene ring substituents is 1. The summed E-state index contributed by atoms with van der Waals surface area (Å²) >= 11 is 0. The highest BCUT2D eigenvalue weighted by atomic mass is 16.6. The first-order valence-electron chi connectivity index (χ1n) is 7.13. The van der Waals surface area contributed by atoms with Gasteiger partial charge >= 0.3 is 11.9 Å². The van der Waals surface area contributed by atoms with Gasteiger partial charge in [-0.25, -0.2) is 0 Å². The van der Waals surface area contributed by atoms with Crippen LogP contribution in [0.25, 0.3) is 0 Å². The Labute approximate surface area is 128 Å². The highest BCUT2D eigenvalue weighted by Crippen LogP contribution is 2.18. The summed E-state index contributed by atoms with van der Waals surface area (Å²) in [5.74, 6) is -0.344. The van der Waals surface area contributed by atoms with E-state index in [1.807, 2.05) is 0 Å². The second-order valence-electron chi connectivity index (χ2n) is 4.59. The molecule has 0 N–H and O–H groups in total. The number of esters is 2. The van der Waals surface area contributed by atoms with Gasteiger partial charge in [0.15, 0.2) is 0 Å². The van der Waals surface area contributed by atoms with Crippen molar-refractivity contribution in [3.05, 3.63) is 34.4 Å². The number of benzene rings is 1. The molecule has 0 radical (unpaired) electrons. The minimum atomic E-state index is -0.519. The number of carbonyl (C=O) groups is 2. The lowest BCUT2D eigenvalue weighted by Gasteiger charge is -2.04. The first-order valence-corrected chi connectivity index (χ1v) is 7.13. The van der Waals surface area contributed by atoms with Crippen LogP contribution >= 0.6 is 0 Å². The molecule has 7 nitrogen and oxygen atoms in total. The Kier molecular flexibility index (Phi) is 7.60. The zero-order valence-electron chi connectivity index (χ0n) is 12.4. The van der Waals surface area contributed by atoms with Gasteiger partial charge in [0.25, 0.3) is 5.69 Å². The molecular weight excluding hydrogens is 290 g/mol. The van der Waals surface area contributed by atoms with Crippen molar-refractivity contribution >= 4 is 17.6 Å². The lowest BCUT2D eigenvalue weighted by atomic mass is 10.1. The van der Waals surface area contributed by atoms with Crippen LogP contribution < -0.4 is 4.74 Å². The van der Waals surface area contributed by atoms with Crippen LogP contribution in [-0.4, -0.2) is 23.5 Å². The van der Waals surface area contributed by atoms with E-state index in [2.05, 4.69) is 0 Å². The Morgan fingerprint density at radius 3 is 2.18 bits per heavy atom. The van der Waals surface area contributed by atoms with E-state index in [1.54, 1.807) is 6.92 Å². The maximum atomic E-state index is 11.6. The van der Waals surface area contributed by atoms with Crippen LogP contribution in [0.1, 0.15) is 39.0 Å². The lowest BCUT2D eigenvalue weighted by Crippen LogP contribution is -2.08. The summed E-state index contributed by atoms with van der Waals surface area (Å²) in [7, 11) is 0. The van der Waals surface area contributed by atoms with Crippen molar-refractivity contribution in [3.8, 4) is 5.75 Å². The number of unbranched alkanes of at least 4 members (excludes halogenated alkanes) is 2. The zero-order chi connectivity index (χ0) is 16.4. The number of hydrogen-bond donors (Lipinski definition) is 0. The second kappa shape index (κ2) is 9.49. The fraction of sp³-hybridized carbons (Fsp3) is 0.467. The molecule has 0 aliphatic heterocycles. The third kappa shape index (κ3) is 6.83. The van der Waals surface area contributed by atoms with Gasteiger partial charge < -0.3 is 9.47 Å². The first kappa shape index (κ1) is 17.6. The average Bonchev–Trinajstić information content (AvgIpc) is 2.47. The van der Waals surface area contributed by atoms with E-state index in [0.29, 0.717) is 25.9 Å². The van der Waals surface area contributed by atoms with E-state index in [9.17, 15) is 19.7 Å². The van der Waals surface area contributed by atoms with E-state index in [-0.39, 0.29) is 23.8 Å². The minimum absolute atomic E-state index is 0.0567. The Balaban J connectivity index is 2.20. The molecule has 120 valence electrons. The average molecular weight is 309 g/mol. The Morgan fingerprint density at radius 2 is 1.64 bits per heavy atom. The van der Waals surface area contributed by atoms with Gasteiger partial charge in [-0.05, 0) is 31.9 Å². The van der Waals surface area contributed by atoms with Crippen LogP contribution in [0.3, 0.4) is 0 Å². The van der Waals surface area contributed by atoms with Gasteiger partial charge in [0, 0.05) is 25.0 Å². The summed E-state index contributed by atoms with van der Waals surface area (Å²) in [6.45, 7) is 2.13. The Morgan fingerprint density at radius 1 is 1.05 bits per heavy atom. The van der Waals surface area contributed by atoms with E-state index >= 15 is 0 Å². The van der Waals surface area contributed by atoms with Crippen LogP contribution in [-0.2, 0) is 14.3 Å². The normalized spacial score (nSPS) is 10.0. The molecule has 22 heavy (non-hydrogen) atoms. The van der Waals surface area contributed by atoms with Gasteiger partial charge in [-0.15, -0.1) is 0 Å². The third-order valence-electron chi connectivity index (χ3n) is 2.85. The molecule has 0 aliphatic rings. The van der Waals surface area contributed by atoms with Crippen molar-refractivity contribution < 1.29 is 24.0 Å². The monoisotopic (exact) mass is 309 g/mol. The van der Waals surface area contributed by atoms with Crippen molar-refractivity contribution in [1.29, 1.82) is 0 Å². The third-order valence-corrected chi connectivity index (χ3v) is 2.85. The smallest absolute Gasteiger partial charge is 0.311 e. The van der Waals surface area contributed by atoms with Gasteiger partial charge in [-0.3, -0.25) is 19.7 Å². The molecule has 0 heterocycles. The molecular formula is C15H19NO6. The molecule has 0 saturated heterocycles. The first-order chi connectivity index (χ1) is 10.5. The van der Waals surface area contributed by atoms with Crippen LogP contribution in [0.15, 0.2) is 24.3 Å². The highest BCUT2D eigenvalue weighted by Gasteiger charge is 2.08. The minimum Gasteiger partial charge on any atom is -0.466 e. The molecule has 1 aromatic rings. The number of rotatable bonds is 9. The number of hydrogen-bond acceptors (Lipinski definition) is 6. The zero-order valence-corrected chi connectivity index (χ0v) is 12.4. The largest absolute Gasteiger partial charge is 0.466 e. The quantitative estimate of drug-likeness (QED) is 0.229. The molecule has 0 spiro atoms. The number of nitro benzene ring substituents is 1. The number of nitro groups is 1. The molecule has 1 aromatic carbocycles.